The standard InChI is InChI=1S/C16H23N3/c1-19(2)16(9-5-6-10-16)13-18-12-15-8-4-3-7-14(15)11-17/h3-4,7-8,18H,5-6,9-10,12-13H2,1-2H3. The van der Waals surface area contributed by atoms with Crippen LogP contribution in [0.15, 0.2) is 24.3 Å². The minimum Gasteiger partial charge on any atom is -0.311 e. The minimum absolute atomic E-state index is 0.307. The number of nitrogens with one attached hydrogen (secondary N) is 1. The summed E-state index contributed by atoms with van der Waals surface area (Å²) in [6.45, 7) is 1.78. The fourth-order valence-corrected chi connectivity index (χ4v) is 3.03. The molecule has 19 heavy (non-hydrogen) atoms. The van der Waals surface area contributed by atoms with Gasteiger partial charge in [0.2, 0.25) is 0 Å². The van der Waals surface area contributed by atoms with Crippen molar-refractivity contribution in [1.82, 2.24) is 10.2 Å². The summed E-state index contributed by atoms with van der Waals surface area (Å²) in [5.74, 6) is 0. The summed E-state index contributed by atoms with van der Waals surface area (Å²) in [4.78, 5) is 2.36. The fraction of sp³-hybridized carbons (Fsp3) is 0.562. The third-order valence-corrected chi connectivity index (χ3v) is 4.39. The van der Waals surface area contributed by atoms with E-state index in [0.717, 1.165) is 24.2 Å². The van der Waals surface area contributed by atoms with Gasteiger partial charge in [0.05, 0.1) is 11.6 Å². The van der Waals surface area contributed by atoms with Crippen molar-refractivity contribution >= 4 is 0 Å². The van der Waals surface area contributed by atoms with E-state index >= 15 is 0 Å². The molecule has 1 aliphatic carbocycles. The van der Waals surface area contributed by atoms with E-state index in [0.29, 0.717) is 5.54 Å². The van der Waals surface area contributed by atoms with Gasteiger partial charge in [0, 0.05) is 18.6 Å². The smallest absolute Gasteiger partial charge is 0.0995 e. The van der Waals surface area contributed by atoms with E-state index in [1.54, 1.807) is 0 Å². The monoisotopic (exact) mass is 257 g/mol. The van der Waals surface area contributed by atoms with E-state index in [-0.39, 0.29) is 0 Å². The number of nitriles is 1. The molecule has 0 amide bonds. The van der Waals surface area contributed by atoms with Gasteiger partial charge in [0.15, 0.2) is 0 Å². The lowest BCUT2D eigenvalue weighted by Crippen LogP contribution is -2.49. The van der Waals surface area contributed by atoms with Crippen molar-refractivity contribution in [3.05, 3.63) is 35.4 Å². The van der Waals surface area contributed by atoms with E-state index in [4.69, 9.17) is 5.26 Å². The van der Waals surface area contributed by atoms with Gasteiger partial charge in [-0.25, -0.2) is 0 Å². The van der Waals surface area contributed by atoms with E-state index in [2.05, 4.69) is 30.4 Å². The highest BCUT2D eigenvalue weighted by atomic mass is 15.2. The molecular weight excluding hydrogens is 234 g/mol. The maximum Gasteiger partial charge on any atom is 0.0995 e. The van der Waals surface area contributed by atoms with Crippen LogP contribution in [0, 0.1) is 11.3 Å². The number of hydrogen-bond donors (Lipinski definition) is 1. The van der Waals surface area contributed by atoms with Crippen molar-refractivity contribution in [3.63, 3.8) is 0 Å². The molecule has 1 N–H and O–H groups in total. The largest absolute Gasteiger partial charge is 0.311 e. The molecule has 2 rings (SSSR count). The van der Waals surface area contributed by atoms with Crippen LogP contribution in [-0.4, -0.2) is 31.1 Å². The summed E-state index contributed by atoms with van der Waals surface area (Å²) >= 11 is 0. The van der Waals surface area contributed by atoms with Crippen molar-refractivity contribution in [3.8, 4) is 6.07 Å². The molecule has 0 saturated heterocycles. The van der Waals surface area contributed by atoms with Gasteiger partial charge in [0.25, 0.3) is 0 Å². The summed E-state index contributed by atoms with van der Waals surface area (Å²) in [6, 6.07) is 10.1. The molecule has 0 aromatic heterocycles. The summed E-state index contributed by atoms with van der Waals surface area (Å²) < 4.78 is 0. The molecule has 0 heterocycles. The second kappa shape index (κ2) is 6.18. The third kappa shape index (κ3) is 3.15. The van der Waals surface area contributed by atoms with Crippen LogP contribution in [0.1, 0.15) is 36.8 Å². The second-order valence-corrected chi connectivity index (χ2v) is 5.70. The van der Waals surface area contributed by atoms with Gasteiger partial charge in [-0.1, -0.05) is 31.0 Å². The average Bonchev–Trinajstić information content (AvgIpc) is 2.89. The third-order valence-electron chi connectivity index (χ3n) is 4.39. The lowest BCUT2D eigenvalue weighted by Gasteiger charge is -2.36. The quantitative estimate of drug-likeness (QED) is 0.881. The molecule has 1 saturated carbocycles. The molecule has 0 aliphatic heterocycles. The number of likely N-dealkylation sites (N-methyl/N-ethyl adjacent to an activating group) is 1. The molecule has 0 atom stereocenters. The molecule has 1 fully saturated rings. The Kier molecular flexibility index (Phi) is 4.57. The van der Waals surface area contributed by atoms with Gasteiger partial charge >= 0.3 is 0 Å². The predicted molar refractivity (Wildman–Crippen MR) is 77.7 cm³/mol. The maximum atomic E-state index is 9.08. The first-order valence-electron chi connectivity index (χ1n) is 7.04. The van der Waals surface area contributed by atoms with Crippen molar-refractivity contribution in [2.45, 2.75) is 37.8 Å². The molecule has 0 bridgehead atoms. The normalized spacial score (nSPS) is 17.6. The molecule has 3 nitrogen and oxygen atoms in total. The number of benzene rings is 1. The second-order valence-electron chi connectivity index (χ2n) is 5.70. The van der Waals surface area contributed by atoms with Crippen LogP contribution in [0.25, 0.3) is 0 Å². The Morgan fingerprint density at radius 2 is 1.95 bits per heavy atom. The maximum absolute atomic E-state index is 9.08. The zero-order valence-electron chi connectivity index (χ0n) is 11.9. The Morgan fingerprint density at radius 1 is 1.26 bits per heavy atom. The van der Waals surface area contributed by atoms with E-state index in [1.807, 2.05) is 24.3 Å². The van der Waals surface area contributed by atoms with Gasteiger partial charge < -0.3 is 10.2 Å². The topological polar surface area (TPSA) is 39.1 Å². The SMILES string of the molecule is CN(C)C1(CNCc2ccccc2C#N)CCCC1. The van der Waals surface area contributed by atoms with Crippen LogP contribution >= 0.6 is 0 Å². The molecule has 102 valence electrons. The first kappa shape index (κ1) is 14.0. The minimum atomic E-state index is 0.307. The van der Waals surface area contributed by atoms with Gasteiger partial charge in [-0.2, -0.15) is 5.26 Å². The molecular formula is C16H23N3. The first-order chi connectivity index (χ1) is 9.18. The van der Waals surface area contributed by atoms with Crippen molar-refractivity contribution in [2.75, 3.05) is 20.6 Å². The molecule has 1 aromatic carbocycles. The number of hydrogen-bond acceptors (Lipinski definition) is 3. The Balaban J connectivity index is 1.94. The van der Waals surface area contributed by atoms with Crippen LogP contribution in [-0.2, 0) is 6.54 Å². The molecule has 3 heteroatoms. The average molecular weight is 257 g/mol. The molecule has 1 aromatic rings. The Morgan fingerprint density at radius 3 is 2.58 bits per heavy atom. The van der Waals surface area contributed by atoms with Crippen molar-refractivity contribution < 1.29 is 0 Å². The lowest BCUT2D eigenvalue weighted by molar-refractivity contribution is 0.153. The van der Waals surface area contributed by atoms with Crippen LogP contribution in [0.4, 0.5) is 0 Å². The Bertz CT molecular complexity index is 453. The van der Waals surface area contributed by atoms with Gasteiger partial charge in [0.1, 0.15) is 0 Å². The summed E-state index contributed by atoms with van der Waals surface area (Å²) in [5.41, 5.74) is 2.18. The van der Waals surface area contributed by atoms with Crippen LogP contribution in [0.2, 0.25) is 0 Å². The van der Waals surface area contributed by atoms with E-state index in [9.17, 15) is 0 Å². The summed E-state index contributed by atoms with van der Waals surface area (Å²) in [7, 11) is 4.35. The summed E-state index contributed by atoms with van der Waals surface area (Å²) in [6.07, 6.45) is 5.20. The molecule has 0 spiro atoms. The Hall–Kier alpha value is -1.37. The molecule has 0 unspecified atom stereocenters. The van der Waals surface area contributed by atoms with E-state index < -0.39 is 0 Å². The van der Waals surface area contributed by atoms with Gasteiger partial charge in [-0.3, -0.25) is 0 Å². The molecule has 0 radical (unpaired) electrons. The molecule has 1 aliphatic rings. The van der Waals surface area contributed by atoms with Crippen molar-refractivity contribution in [2.24, 2.45) is 0 Å². The van der Waals surface area contributed by atoms with E-state index in [1.165, 1.54) is 25.7 Å². The van der Waals surface area contributed by atoms with Crippen LogP contribution < -0.4 is 5.32 Å². The van der Waals surface area contributed by atoms with Crippen molar-refractivity contribution in [1.29, 1.82) is 5.26 Å². The fourth-order valence-electron chi connectivity index (χ4n) is 3.03. The Labute approximate surface area is 116 Å². The summed E-state index contributed by atoms with van der Waals surface area (Å²) in [5, 5.41) is 12.6. The predicted octanol–water partition coefficient (Wildman–Crippen LogP) is 2.52. The van der Waals surface area contributed by atoms with Gasteiger partial charge in [-0.15, -0.1) is 0 Å². The zero-order chi connectivity index (χ0) is 13.7. The zero-order valence-corrected chi connectivity index (χ0v) is 11.9. The lowest BCUT2D eigenvalue weighted by atomic mass is 9.96. The van der Waals surface area contributed by atoms with Crippen LogP contribution in [0.5, 0.6) is 0 Å². The first-order valence-corrected chi connectivity index (χ1v) is 7.04. The highest BCUT2D eigenvalue weighted by molar-refractivity contribution is 5.37. The number of nitrogens with zero attached hydrogens (tertiary/aromatic N) is 2. The van der Waals surface area contributed by atoms with Crippen LogP contribution in [0.3, 0.4) is 0 Å². The highest BCUT2D eigenvalue weighted by Crippen LogP contribution is 2.33. The number of rotatable bonds is 5. The highest BCUT2D eigenvalue weighted by Gasteiger charge is 2.35. The van der Waals surface area contributed by atoms with Gasteiger partial charge in [-0.05, 0) is 38.6 Å².